The summed E-state index contributed by atoms with van der Waals surface area (Å²) < 4.78 is 5.47. The van der Waals surface area contributed by atoms with E-state index in [1.807, 2.05) is 24.3 Å². The van der Waals surface area contributed by atoms with Gasteiger partial charge in [-0.2, -0.15) is 0 Å². The van der Waals surface area contributed by atoms with Crippen molar-refractivity contribution in [1.29, 1.82) is 0 Å². The Morgan fingerprint density at radius 1 is 1.03 bits per heavy atom. The third-order valence-corrected chi connectivity index (χ3v) is 5.65. The zero-order valence-electron chi connectivity index (χ0n) is 17.7. The number of aliphatic hydroxyl groups is 2. The maximum Gasteiger partial charge on any atom is 0.407 e. The van der Waals surface area contributed by atoms with Crippen molar-refractivity contribution in [3.63, 3.8) is 0 Å². The molecule has 8 heteroatoms. The number of amides is 1. The molecule has 0 bridgehead atoms. The number of fused-ring (bicyclic) bond motifs is 3. The van der Waals surface area contributed by atoms with Crippen LogP contribution in [0.15, 0.2) is 60.9 Å². The van der Waals surface area contributed by atoms with Gasteiger partial charge in [0.15, 0.2) is 0 Å². The van der Waals surface area contributed by atoms with Gasteiger partial charge in [0.05, 0.1) is 6.10 Å². The number of alkyl carbamates (subject to hydrolysis) is 1. The lowest BCUT2D eigenvalue weighted by atomic mass is 9.98. The summed E-state index contributed by atoms with van der Waals surface area (Å²) in [4.78, 5) is 20.3. The summed E-state index contributed by atoms with van der Waals surface area (Å²) in [6.07, 6.45) is 0.268. The van der Waals surface area contributed by atoms with Crippen molar-refractivity contribution in [1.82, 2.24) is 15.3 Å². The van der Waals surface area contributed by atoms with Gasteiger partial charge in [-0.05, 0) is 28.7 Å². The van der Waals surface area contributed by atoms with E-state index in [0.717, 1.165) is 11.1 Å². The van der Waals surface area contributed by atoms with E-state index in [1.54, 1.807) is 7.05 Å². The standard InChI is InChI=1S/C24H26N4O4/c1-25-23-27-12-15(13-28-23)22(30)21(29)10-11-26-24(31)32-14-20-18-8-4-2-6-16(18)17-7-3-5-9-19(17)20/h2-9,12-13,20-22,29-30H,10-11,14H2,1H3,(H,26,31)(H,25,27,28). The number of aromatic nitrogens is 2. The molecule has 4 N–H and O–H groups in total. The van der Waals surface area contributed by atoms with E-state index >= 15 is 0 Å². The van der Waals surface area contributed by atoms with Gasteiger partial charge < -0.3 is 25.6 Å². The van der Waals surface area contributed by atoms with Crippen LogP contribution in [0.1, 0.15) is 35.1 Å². The van der Waals surface area contributed by atoms with Crippen LogP contribution in [0, 0.1) is 0 Å². The van der Waals surface area contributed by atoms with E-state index in [2.05, 4.69) is 44.9 Å². The Morgan fingerprint density at radius 3 is 2.22 bits per heavy atom. The van der Waals surface area contributed by atoms with Crippen LogP contribution in [0.25, 0.3) is 11.1 Å². The largest absolute Gasteiger partial charge is 0.449 e. The zero-order chi connectivity index (χ0) is 22.5. The lowest BCUT2D eigenvalue weighted by molar-refractivity contribution is 0.0133. The van der Waals surface area contributed by atoms with Crippen molar-refractivity contribution in [2.75, 3.05) is 25.5 Å². The van der Waals surface area contributed by atoms with Gasteiger partial charge >= 0.3 is 6.09 Å². The number of ether oxygens (including phenoxy) is 1. The van der Waals surface area contributed by atoms with E-state index in [-0.39, 0.29) is 25.5 Å². The fraction of sp³-hybridized carbons (Fsp3) is 0.292. The minimum atomic E-state index is -1.15. The number of anilines is 1. The summed E-state index contributed by atoms with van der Waals surface area (Å²) in [5, 5.41) is 25.9. The molecule has 0 aliphatic heterocycles. The summed E-state index contributed by atoms with van der Waals surface area (Å²) in [7, 11) is 1.69. The second-order valence-corrected chi connectivity index (χ2v) is 7.64. The molecule has 32 heavy (non-hydrogen) atoms. The molecule has 1 aromatic heterocycles. The number of carbonyl (C=O) groups excluding carboxylic acids is 1. The molecule has 0 saturated carbocycles. The molecule has 2 unspecified atom stereocenters. The van der Waals surface area contributed by atoms with Crippen LogP contribution >= 0.6 is 0 Å². The van der Waals surface area contributed by atoms with Gasteiger partial charge in [0, 0.05) is 37.5 Å². The van der Waals surface area contributed by atoms with Gasteiger partial charge in [0.25, 0.3) is 0 Å². The average molecular weight is 434 g/mol. The third kappa shape index (κ3) is 4.56. The highest BCUT2D eigenvalue weighted by atomic mass is 16.5. The van der Waals surface area contributed by atoms with Gasteiger partial charge in [-0.15, -0.1) is 0 Å². The zero-order valence-corrected chi connectivity index (χ0v) is 17.7. The lowest BCUT2D eigenvalue weighted by Crippen LogP contribution is -2.30. The summed E-state index contributed by atoms with van der Waals surface area (Å²) in [5.74, 6) is 0.411. The van der Waals surface area contributed by atoms with Crippen LogP contribution in [0.2, 0.25) is 0 Å². The van der Waals surface area contributed by atoms with Gasteiger partial charge in [-0.25, -0.2) is 14.8 Å². The number of nitrogens with one attached hydrogen (secondary N) is 2. The Labute approximate surface area is 186 Å². The van der Waals surface area contributed by atoms with E-state index in [4.69, 9.17) is 4.74 Å². The fourth-order valence-electron chi connectivity index (χ4n) is 3.97. The normalized spacial score (nSPS) is 14.2. The van der Waals surface area contributed by atoms with E-state index < -0.39 is 18.3 Å². The highest BCUT2D eigenvalue weighted by Crippen LogP contribution is 2.44. The predicted octanol–water partition coefficient (Wildman–Crippen LogP) is 2.84. The first-order chi connectivity index (χ1) is 15.6. The van der Waals surface area contributed by atoms with Crippen LogP contribution in [-0.2, 0) is 4.74 Å². The number of rotatable bonds is 8. The second-order valence-electron chi connectivity index (χ2n) is 7.64. The van der Waals surface area contributed by atoms with Crippen LogP contribution in [-0.4, -0.2) is 52.6 Å². The Bertz CT molecular complexity index is 1030. The van der Waals surface area contributed by atoms with Crippen molar-refractivity contribution in [2.24, 2.45) is 0 Å². The first kappa shape index (κ1) is 21.7. The molecular formula is C24H26N4O4. The molecule has 1 heterocycles. The molecule has 0 radical (unpaired) electrons. The molecule has 1 aliphatic rings. The number of nitrogens with zero attached hydrogens (tertiary/aromatic N) is 2. The second kappa shape index (κ2) is 9.76. The van der Waals surface area contributed by atoms with Crippen molar-refractivity contribution >= 4 is 12.0 Å². The Hall–Kier alpha value is -3.49. The molecule has 4 rings (SSSR count). The number of hydrogen-bond donors (Lipinski definition) is 4. The van der Waals surface area contributed by atoms with Gasteiger partial charge in [-0.1, -0.05) is 48.5 Å². The van der Waals surface area contributed by atoms with Gasteiger partial charge in [-0.3, -0.25) is 0 Å². The maximum atomic E-state index is 12.2. The first-order valence-electron chi connectivity index (χ1n) is 10.5. The molecular weight excluding hydrogens is 408 g/mol. The van der Waals surface area contributed by atoms with Crippen molar-refractivity contribution < 1.29 is 19.7 Å². The van der Waals surface area contributed by atoms with Crippen molar-refractivity contribution in [3.8, 4) is 11.1 Å². The lowest BCUT2D eigenvalue weighted by Gasteiger charge is -2.18. The molecule has 8 nitrogen and oxygen atoms in total. The molecule has 2 aromatic carbocycles. The Kier molecular flexibility index (Phi) is 6.63. The summed E-state index contributed by atoms with van der Waals surface area (Å²) in [6, 6.07) is 16.3. The molecule has 3 aromatic rings. The average Bonchev–Trinajstić information content (AvgIpc) is 3.16. The fourth-order valence-corrected chi connectivity index (χ4v) is 3.97. The number of benzene rings is 2. The van der Waals surface area contributed by atoms with E-state index in [0.29, 0.717) is 11.5 Å². The highest BCUT2D eigenvalue weighted by molar-refractivity contribution is 5.79. The van der Waals surface area contributed by atoms with Gasteiger partial charge in [0.1, 0.15) is 12.7 Å². The topological polar surface area (TPSA) is 117 Å². The van der Waals surface area contributed by atoms with Crippen LogP contribution in [0.3, 0.4) is 0 Å². The Balaban J connectivity index is 1.27. The minimum Gasteiger partial charge on any atom is -0.449 e. The highest BCUT2D eigenvalue weighted by Gasteiger charge is 2.29. The summed E-state index contributed by atoms with van der Waals surface area (Å²) >= 11 is 0. The van der Waals surface area contributed by atoms with Crippen molar-refractivity contribution in [2.45, 2.75) is 24.5 Å². The molecule has 0 spiro atoms. The van der Waals surface area contributed by atoms with Crippen molar-refractivity contribution in [3.05, 3.63) is 77.6 Å². The SMILES string of the molecule is CNc1ncc(C(O)C(O)CCNC(=O)OCC2c3ccccc3-c3ccccc32)cn1. The van der Waals surface area contributed by atoms with Crippen LogP contribution in [0.4, 0.5) is 10.7 Å². The molecule has 0 saturated heterocycles. The number of aliphatic hydroxyl groups excluding tert-OH is 2. The molecule has 2 atom stereocenters. The smallest absolute Gasteiger partial charge is 0.407 e. The van der Waals surface area contributed by atoms with Gasteiger partial charge in [0.2, 0.25) is 5.95 Å². The molecule has 166 valence electrons. The van der Waals surface area contributed by atoms with Crippen LogP contribution < -0.4 is 10.6 Å². The predicted molar refractivity (Wildman–Crippen MR) is 120 cm³/mol. The molecule has 0 fully saturated rings. The Morgan fingerprint density at radius 2 is 1.62 bits per heavy atom. The summed E-state index contributed by atoms with van der Waals surface area (Å²) in [6.45, 7) is 0.380. The molecule has 1 aliphatic carbocycles. The molecule has 1 amide bonds. The van der Waals surface area contributed by atoms with E-state index in [1.165, 1.54) is 23.5 Å². The quantitative estimate of drug-likeness (QED) is 0.431. The van der Waals surface area contributed by atoms with Crippen LogP contribution in [0.5, 0.6) is 0 Å². The summed E-state index contributed by atoms with van der Waals surface area (Å²) in [5.41, 5.74) is 5.03. The monoisotopic (exact) mass is 434 g/mol. The third-order valence-electron chi connectivity index (χ3n) is 5.65. The number of carbonyl (C=O) groups is 1. The van der Waals surface area contributed by atoms with E-state index in [9.17, 15) is 15.0 Å². The first-order valence-corrected chi connectivity index (χ1v) is 10.5. The maximum absolute atomic E-state index is 12.2. The number of hydrogen-bond acceptors (Lipinski definition) is 7. The minimum absolute atomic E-state index is 0.0128.